The summed E-state index contributed by atoms with van der Waals surface area (Å²) in [6, 6.07) is 9.58. The lowest BCUT2D eigenvalue weighted by atomic mass is 10.1. The number of amides is 2. The van der Waals surface area contributed by atoms with Crippen LogP contribution in [0.3, 0.4) is 0 Å². The summed E-state index contributed by atoms with van der Waals surface area (Å²) in [6.45, 7) is 8.97. The van der Waals surface area contributed by atoms with Crippen LogP contribution in [-0.4, -0.2) is 31.2 Å². The lowest BCUT2D eigenvalue weighted by Gasteiger charge is -2.14. The Kier molecular flexibility index (Phi) is 10.5. The van der Waals surface area contributed by atoms with Crippen LogP contribution in [0.15, 0.2) is 35.4 Å². The molecule has 0 unspecified atom stereocenters. The lowest BCUT2D eigenvalue weighted by molar-refractivity contribution is -0.124. The quantitative estimate of drug-likeness (QED) is 0.235. The van der Waals surface area contributed by atoms with Gasteiger partial charge in [-0.1, -0.05) is 19.1 Å². The molecule has 0 fully saturated rings. The van der Waals surface area contributed by atoms with Crippen LogP contribution in [0, 0.1) is 17.4 Å². The molecule has 2 aromatic carbocycles. The molecule has 7 nitrogen and oxygen atoms in total. The van der Waals surface area contributed by atoms with Crippen LogP contribution < -0.4 is 20.2 Å². The number of nitrogens with zero attached hydrogens (tertiary/aromatic N) is 1. The number of aryl methyl sites for hydroxylation is 2. The molecule has 0 heterocycles. The molecule has 0 atom stereocenters. The van der Waals surface area contributed by atoms with Crippen LogP contribution in [0.5, 0.6) is 11.5 Å². The molecule has 0 radical (unpaired) electrons. The predicted molar refractivity (Wildman–Crippen MR) is 136 cm³/mol. The van der Waals surface area contributed by atoms with E-state index in [1.165, 1.54) is 0 Å². The maximum Gasteiger partial charge on any atom is 0.240 e. The average Bonchev–Trinajstić information content (AvgIpc) is 2.74. The van der Waals surface area contributed by atoms with E-state index in [0.717, 1.165) is 32.4 Å². The number of carbonyl (C=O) groups excluding carboxylic acids is 2. The zero-order valence-electron chi connectivity index (χ0n) is 19.0. The van der Waals surface area contributed by atoms with E-state index in [2.05, 4.69) is 38.4 Å². The number of hydrogen-bond donors (Lipinski definition) is 2. The van der Waals surface area contributed by atoms with Gasteiger partial charge in [0.2, 0.25) is 11.8 Å². The summed E-state index contributed by atoms with van der Waals surface area (Å²) < 4.78 is 12.4. The Bertz CT molecular complexity index is 976. The smallest absolute Gasteiger partial charge is 0.240 e. The Balaban J connectivity index is 1.89. The molecular weight excluding hydrogens is 521 g/mol. The van der Waals surface area contributed by atoms with Crippen molar-refractivity contribution in [2.24, 2.45) is 5.10 Å². The van der Waals surface area contributed by atoms with Crippen molar-refractivity contribution < 1.29 is 19.1 Å². The van der Waals surface area contributed by atoms with E-state index in [1.54, 1.807) is 6.21 Å². The Morgan fingerprint density at radius 1 is 1.06 bits per heavy atom. The fourth-order valence-corrected chi connectivity index (χ4v) is 3.60. The molecule has 0 aliphatic carbocycles. The predicted octanol–water partition coefficient (Wildman–Crippen LogP) is 4.96. The van der Waals surface area contributed by atoms with Crippen molar-refractivity contribution in [3.05, 3.63) is 50.6 Å². The molecule has 32 heavy (non-hydrogen) atoms. The highest BCUT2D eigenvalue weighted by atomic mass is 127. The maximum atomic E-state index is 12.2. The monoisotopic (exact) mass is 551 g/mol. The zero-order chi connectivity index (χ0) is 23.5. The van der Waals surface area contributed by atoms with E-state index in [-0.39, 0.29) is 24.7 Å². The van der Waals surface area contributed by atoms with Gasteiger partial charge in [-0.05, 0) is 84.7 Å². The first-order valence-corrected chi connectivity index (χ1v) is 11.7. The number of hydrazone groups is 1. The minimum Gasteiger partial charge on any atom is -0.490 e. The molecule has 0 saturated carbocycles. The molecular formula is C24H30IN3O4. The molecule has 2 N–H and O–H groups in total. The third-order valence-corrected chi connectivity index (χ3v) is 5.23. The Hall–Kier alpha value is -2.62. The fourth-order valence-electron chi connectivity index (χ4n) is 2.81. The fraction of sp³-hybridized carbons (Fsp3) is 0.375. The van der Waals surface area contributed by atoms with Gasteiger partial charge >= 0.3 is 0 Å². The van der Waals surface area contributed by atoms with E-state index in [1.807, 2.05) is 58.0 Å². The number of hydrogen-bond acceptors (Lipinski definition) is 5. The second-order valence-corrected chi connectivity index (χ2v) is 8.43. The molecule has 8 heteroatoms. The van der Waals surface area contributed by atoms with Gasteiger partial charge in [-0.2, -0.15) is 5.10 Å². The molecule has 172 valence electrons. The van der Waals surface area contributed by atoms with Crippen LogP contribution >= 0.6 is 22.6 Å². The first-order chi connectivity index (χ1) is 15.3. The summed E-state index contributed by atoms with van der Waals surface area (Å²) in [5.74, 6) is 0.811. The van der Waals surface area contributed by atoms with E-state index >= 15 is 0 Å². The van der Waals surface area contributed by atoms with Gasteiger partial charge in [-0.3, -0.25) is 9.59 Å². The molecule has 0 saturated heterocycles. The standard InChI is InChI=1S/C24H30IN3O4/c1-5-11-32-24-19(25)13-18(14-21(24)31-6-2)15-26-28-23(30)10-9-22(29)27-20-12-16(3)7-8-17(20)4/h7-8,12-15H,5-6,9-11H2,1-4H3,(H,27,29)(H,28,30). The molecule has 0 aliphatic rings. The first-order valence-electron chi connectivity index (χ1n) is 10.6. The Labute approximate surface area is 203 Å². The highest BCUT2D eigenvalue weighted by Gasteiger charge is 2.12. The van der Waals surface area contributed by atoms with Crippen molar-refractivity contribution in [3.8, 4) is 11.5 Å². The van der Waals surface area contributed by atoms with E-state index in [4.69, 9.17) is 9.47 Å². The summed E-state index contributed by atoms with van der Waals surface area (Å²) in [5, 5.41) is 6.86. The summed E-state index contributed by atoms with van der Waals surface area (Å²) in [4.78, 5) is 24.2. The number of ether oxygens (including phenoxy) is 2. The normalized spacial score (nSPS) is 10.8. The molecule has 0 aliphatic heterocycles. The van der Waals surface area contributed by atoms with Crippen molar-refractivity contribution >= 4 is 46.3 Å². The van der Waals surface area contributed by atoms with Gasteiger partial charge < -0.3 is 14.8 Å². The second kappa shape index (κ2) is 13.0. The topological polar surface area (TPSA) is 89.0 Å². The number of rotatable bonds is 11. The number of nitrogens with one attached hydrogen (secondary N) is 2. The summed E-state index contributed by atoms with van der Waals surface area (Å²) in [6.07, 6.45) is 2.56. The van der Waals surface area contributed by atoms with E-state index in [9.17, 15) is 9.59 Å². The van der Waals surface area contributed by atoms with E-state index < -0.39 is 0 Å². The van der Waals surface area contributed by atoms with Crippen LogP contribution in [0.25, 0.3) is 0 Å². The first kappa shape index (κ1) is 25.6. The second-order valence-electron chi connectivity index (χ2n) is 7.27. The average molecular weight is 551 g/mol. The van der Waals surface area contributed by atoms with Crippen LogP contribution in [-0.2, 0) is 9.59 Å². The molecule has 2 amide bonds. The highest BCUT2D eigenvalue weighted by molar-refractivity contribution is 14.1. The largest absolute Gasteiger partial charge is 0.490 e. The minimum atomic E-state index is -0.333. The van der Waals surface area contributed by atoms with Crippen molar-refractivity contribution in [1.29, 1.82) is 0 Å². The van der Waals surface area contributed by atoms with Gasteiger partial charge in [0.15, 0.2) is 11.5 Å². The number of anilines is 1. The van der Waals surface area contributed by atoms with Gasteiger partial charge in [0, 0.05) is 18.5 Å². The van der Waals surface area contributed by atoms with Crippen LogP contribution in [0.1, 0.15) is 49.8 Å². The summed E-state index contributed by atoms with van der Waals surface area (Å²) in [7, 11) is 0. The number of halogens is 1. The third-order valence-electron chi connectivity index (χ3n) is 4.43. The van der Waals surface area contributed by atoms with E-state index in [0.29, 0.717) is 24.7 Å². The van der Waals surface area contributed by atoms with Crippen LogP contribution in [0.4, 0.5) is 5.69 Å². The van der Waals surface area contributed by atoms with Gasteiger partial charge in [0.05, 0.1) is 23.0 Å². The maximum absolute atomic E-state index is 12.2. The van der Waals surface area contributed by atoms with Crippen molar-refractivity contribution in [3.63, 3.8) is 0 Å². The highest BCUT2D eigenvalue weighted by Crippen LogP contribution is 2.34. The summed E-state index contributed by atoms with van der Waals surface area (Å²) in [5.41, 5.74) is 6.04. The lowest BCUT2D eigenvalue weighted by Crippen LogP contribution is -2.21. The van der Waals surface area contributed by atoms with Gasteiger partial charge in [-0.15, -0.1) is 0 Å². The molecule has 0 bridgehead atoms. The van der Waals surface area contributed by atoms with Gasteiger partial charge in [0.25, 0.3) is 0 Å². The van der Waals surface area contributed by atoms with Gasteiger partial charge in [-0.25, -0.2) is 5.43 Å². The molecule has 2 aromatic rings. The summed E-state index contributed by atoms with van der Waals surface area (Å²) >= 11 is 2.19. The van der Waals surface area contributed by atoms with Gasteiger partial charge in [0.1, 0.15) is 0 Å². The number of benzene rings is 2. The molecule has 0 spiro atoms. The zero-order valence-corrected chi connectivity index (χ0v) is 21.1. The van der Waals surface area contributed by atoms with Crippen molar-refractivity contribution in [1.82, 2.24) is 5.43 Å². The van der Waals surface area contributed by atoms with Crippen molar-refractivity contribution in [2.75, 3.05) is 18.5 Å². The van der Waals surface area contributed by atoms with Crippen LogP contribution in [0.2, 0.25) is 0 Å². The molecule has 2 rings (SSSR count). The van der Waals surface area contributed by atoms with Crippen molar-refractivity contribution in [2.45, 2.75) is 47.0 Å². The Morgan fingerprint density at radius 3 is 2.53 bits per heavy atom. The number of carbonyl (C=O) groups is 2. The third kappa shape index (κ3) is 8.14. The SMILES string of the molecule is CCCOc1c(I)cc(C=NNC(=O)CCC(=O)Nc2cc(C)ccc2C)cc1OCC. The Morgan fingerprint density at radius 2 is 1.81 bits per heavy atom. The molecule has 0 aromatic heterocycles. The minimum absolute atomic E-state index is 0.0412.